The first-order valence-electron chi connectivity index (χ1n) is 14.0. The second-order valence-corrected chi connectivity index (χ2v) is 11.7. The summed E-state index contributed by atoms with van der Waals surface area (Å²) in [6.45, 7) is 8.54. The summed E-state index contributed by atoms with van der Waals surface area (Å²) in [6, 6.07) is 0. The van der Waals surface area contributed by atoms with E-state index in [-0.39, 0.29) is 0 Å². The van der Waals surface area contributed by atoms with Crippen molar-refractivity contribution in [2.75, 3.05) is 33.1 Å². The smallest absolute Gasteiger partial charge is 0.330 e. The highest BCUT2D eigenvalue weighted by molar-refractivity contribution is 7.53. The lowest BCUT2D eigenvalue weighted by Gasteiger charge is -2.21. The van der Waals surface area contributed by atoms with Gasteiger partial charge in [0.1, 0.15) is 0 Å². The third-order valence-electron chi connectivity index (χ3n) is 6.33. The zero-order valence-electron chi connectivity index (χ0n) is 22.2. The van der Waals surface area contributed by atoms with Crippen molar-refractivity contribution in [3.05, 3.63) is 0 Å². The molecule has 4 nitrogen and oxygen atoms in total. The van der Waals surface area contributed by atoms with Crippen molar-refractivity contribution in [2.24, 2.45) is 5.92 Å². The van der Waals surface area contributed by atoms with E-state index in [1.807, 2.05) is 0 Å². The maximum Gasteiger partial charge on any atom is 0.330 e. The first-order chi connectivity index (χ1) is 15.6. The third-order valence-corrected chi connectivity index (χ3v) is 8.35. The molecule has 32 heavy (non-hydrogen) atoms. The highest BCUT2D eigenvalue weighted by Crippen LogP contribution is 2.49. The number of hydrogen-bond acceptors (Lipinski definition) is 4. The van der Waals surface area contributed by atoms with E-state index >= 15 is 0 Å². The van der Waals surface area contributed by atoms with Crippen LogP contribution in [0.15, 0.2) is 0 Å². The highest BCUT2D eigenvalue weighted by Gasteiger charge is 2.24. The van der Waals surface area contributed by atoms with Crippen LogP contribution in [-0.4, -0.2) is 33.1 Å². The maximum atomic E-state index is 13.2. The number of methoxy groups -OCH3 is 1. The summed E-state index contributed by atoms with van der Waals surface area (Å²) in [5, 5.41) is 0. The van der Waals surface area contributed by atoms with Crippen LogP contribution in [0.3, 0.4) is 0 Å². The van der Waals surface area contributed by atoms with Gasteiger partial charge in [0, 0.05) is 13.7 Å². The quantitative estimate of drug-likeness (QED) is 0.0920. The molecule has 0 aliphatic carbocycles. The van der Waals surface area contributed by atoms with E-state index in [0.29, 0.717) is 25.3 Å². The zero-order chi connectivity index (χ0) is 23.8. The highest BCUT2D eigenvalue weighted by atomic mass is 31.2. The molecule has 0 aromatic heterocycles. The summed E-state index contributed by atoms with van der Waals surface area (Å²) in [7, 11) is -1.19. The van der Waals surface area contributed by atoms with Crippen molar-refractivity contribution < 1.29 is 18.3 Å². The van der Waals surface area contributed by atoms with Crippen LogP contribution in [0.4, 0.5) is 0 Å². The predicted octanol–water partition coefficient (Wildman–Crippen LogP) is 9.56. The Morgan fingerprint density at radius 3 is 1.66 bits per heavy atom. The molecule has 0 amide bonds. The zero-order valence-corrected chi connectivity index (χ0v) is 23.1. The molecule has 0 bridgehead atoms. The van der Waals surface area contributed by atoms with Gasteiger partial charge in [0.05, 0.1) is 19.4 Å². The minimum Gasteiger partial charge on any atom is -0.385 e. The molecule has 5 heteroatoms. The molecule has 0 rings (SSSR count). The van der Waals surface area contributed by atoms with E-state index in [2.05, 4.69) is 20.8 Å². The lowest BCUT2D eigenvalue weighted by Crippen LogP contribution is -2.10. The van der Waals surface area contributed by atoms with E-state index in [1.54, 1.807) is 7.11 Å². The molecule has 0 aromatic rings. The molecular weight excluding hydrogens is 419 g/mol. The van der Waals surface area contributed by atoms with Gasteiger partial charge in [-0.3, -0.25) is 4.57 Å². The van der Waals surface area contributed by atoms with Crippen LogP contribution in [0.25, 0.3) is 0 Å². The minimum absolute atomic E-state index is 0.543. The van der Waals surface area contributed by atoms with E-state index in [9.17, 15) is 4.57 Å². The second kappa shape index (κ2) is 24.2. The molecule has 0 aliphatic heterocycles. The van der Waals surface area contributed by atoms with Gasteiger partial charge in [0.2, 0.25) is 0 Å². The first kappa shape index (κ1) is 32.1. The Kier molecular flexibility index (Phi) is 24.3. The molecule has 0 spiro atoms. The SMILES string of the molecule is CCCCCCCCCCCOP(=O)(CCCC)OCCC(CCCCCC)CCOC. The molecular formula is C27H57O4P. The average molecular weight is 477 g/mol. The lowest BCUT2D eigenvalue weighted by molar-refractivity contribution is 0.155. The van der Waals surface area contributed by atoms with Gasteiger partial charge in [-0.25, -0.2) is 0 Å². The van der Waals surface area contributed by atoms with Crippen molar-refractivity contribution in [3.63, 3.8) is 0 Å². The van der Waals surface area contributed by atoms with Gasteiger partial charge in [-0.2, -0.15) is 0 Å². The molecule has 194 valence electrons. The van der Waals surface area contributed by atoms with Crippen LogP contribution in [-0.2, 0) is 18.3 Å². The normalized spacial score (nSPS) is 14.5. The molecule has 2 atom stereocenters. The van der Waals surface area contributed by atoms with Gasteiger partial charge >= 0.3 is 7.60 Å². The van der Waals surface area contributed by atoms with Crippen LogP contribution in [0.2, 0.25) is 0 Å². The number of unbranched alkanes of at least 4 members (excludes halogenated alkanes) is 12. The molecule has 0 N–H and O–H groups in total. The summed E-state index contributed by atoms with van der Waals surface area (Å²) < 4.78 is 30.4. The molecule has 0 saturated heterocycles. The topological polar surface area (TPSA) is 44.8 Å². The minimum atomic E-state index is -2.96. The molecule has 0 aromatic carbocycles. The van der Waals surface area contributed by atoms with Crippen molar-refractivity contribution in [1.82, 2.24) is 0 Å². The molecule has 0 heterocycles. The monoisotopic (exact) mass is 476 g/mol. The Labute approximate surface area is 201 Å². The van der Waals surface area contributed by atoms with Crippen LogP contribution < -0.4 is 0 Å². The number of rotatable bonds is 26. The predicted molar refractivity (Wildman–Crippen MR) is 140 cm³/mol. The Morgan fingerprint density at radius 2 is 1.06 bits per heavy atom. The van der Waals surface area contributed by atoms with Gasteiger partial charge in [-0.15, -0.1) is 0 Å². The van der Waals surface area contributed by atoms with Gasteiger partial charge in [-0.1, -0.05) is 111 Å². The largest absolute Gasteiger partial charge is 0.385 e. The maximum absolute atomic E-state index is 13.2. The van der Waals surface area contributed by atoms with E-state index in [0.717, 1.165) is 38.7 Å². The van der Waals surface area contributed by atoms with Crippen LogP contribution in [0, 0.1) is 5.92 Å². The summed E-state index contributed by atoms with van der Waals surface area (Å²) in [4.78, 5) is 0. The summed E-state index contributed by atoms with van der Waals surface area (Å²) in [5.74, 6) is 0.587. The fourth-order valence-electron chi connectivity index (χ4n) is 4.07. The lowest BCUT2D eigenvalue weighted by atomic mass is 9.95. The number of hydrogen-bond donors (Lipinski definition) is 0. The van der Waals surface area contributed by atoms with E-state index in [4.69, 9.17) is 13.8 Å². The van der Waals surface area contributed by atoms with Crippen LogP contribution in [0.5, 0.6) is 0 Å². The Balaban J connectivity index is 4.19. The van der Waals surface area contributed by atoms with Gasteiger partial charge < -0.3 is 13.8 Å². The summed E-state index contributed by atoms with van der Waals surface area (Å²) in [6.07, 6.45) is 22.3. The Hall–Kier alpha value is 0.110. The standard InChI is InChI=1S/C27H57O4P/c1-5-8-11-13-14-15-16-17-19-23-30-32(28,26-10-7-3)31-25-22-27(21-24-29-4)20-18-12-9-6-2/h27H,5-26H2,1-4H3. The fourth-order valence-corrected chi connectivity index (χ4v) is 5.90. The molecule has 0 fully saturated rings. The Bertz CT molecular complexity index is 416. The average Bonchev–Trinajstić information content (AvgIpc) is 2.79. The fraction of sp³-hybridized carbons (Fsp3) is 1.00. The van der Waals surface area contributed by atoms with Crippen LogP contribution >= 0.6 is 7.60 Å². The van der Waals surface area contributed by atoms with Crippen molar-refractivity contribution >= 4 is 7.60 Å². The van der Waals surface area contributed by atoms with Gasteiger partial charge in [0.25, 0.3) is 0 Å². The molecule has 0 saturated carbocycles. The number of ether oxygens (including phenoxy) is 1. The first-order valence-corrected chi connectivity index (χ1v) is 15.7. The third kappa shape index (κ3) is 20.7. The van der Waals surface area contributed by atoms with Gasteiger partial charge in [-0.05, 0) is 31.6 Å². The van der Waals surface area contributed by atoms with E-state index < -0.39 is 7.60 Å². The van der Waals surface area contributed by atoms with Crippen molar-refractivity contribution in [3.8, 4) is 0 Å². The van der Waals surface area contributed by atoms with Crippen molar-refractivity contribution in [1.29, 1.82) is 0 Å². The second-order valence-electron chi connectivity index (χ2n) is 9.47. The molecule has 0 aliphatic rings. The Morgan fingerprint density at radius 1 is 0.562 bits per heavy atom. The van der Waals surface area contributed by atoms with Crippen LogP contribution in [0.1, 0.15) is 136 Å². The van der Waals surface area contributed by atoms with Gasteiger partial charge in [0.15, 0.2) is 0 Å². The summed E-state index contributed by atoms with van der Waals surface area (Å²) >= 11 is 0. The molecule has 2 unspecified atom stereocenters. The van der Waals surface area contributed by atoms with Crippen molar-refractivity contribution in [2.45, 2.75) is 136 Å². The van der Waals surface area contributed by atoms with E-state index in [1.165, 1.54) is 83.5 Å². The summed E-state index contributed by atoms with van der Waals surface area (Å²) in [5.41, 5.74) is 0. The molecule has 0 radical (unpaired) electrons.